The van der Waals surface area contributed by atoms with Crippen LogP contribution >= 0.6 is 0 Å². The Bertz CT molecular complexity index is 964. The van der Waals surface area contributed by atoms with Crippen LogP contribution in [-0.4, -0.2) is 69.4 Å². The van der Waals surface area contributed by atoms with Gasteiger partial charge in [0.2, 0.25) is 0 Å². The molecule has 1 aliphatic heterocycles. The Hall–Kier alpha value is -3.66. The zero-order chi connectivity index (χ0) is 22.4. The molecule has 0 spiro atoms. The first kappa shape index (κ1) is 22.0. The highest BCUT2D eigenvalue weighted by molar-refractivity contribution is 5.96. The fraction of sp³-hybridized carbons (Fsp3) is 0.333. The summed E-state index contributed by atoms with van der Waals surface area (Å²) >= 11 is 0. The molecule has 1 aliphatic rings. The standard InChI is InChI=1S/C21H25N5O5/c1-24-6-8-25(9-7-24)20-5-4-17(26(28)29)10-16(20)14-22-23-21(27)15-11-18(30-2)13-19(12-15)31-3/h4-5,10-14H,6-9H2,1-3H3,(H,23,27)/b22-14+. The number of amides is 1. The fourth-order valence-corrected chi connectivity index (χ4v) is 3.26. The summed E-state index contributed by atoms with van der Waals surface area (Å²) in [6.07, 6.45) is 1.43. The normalized spacial score (nSPS) is 14.5. The number of piperazine rings is 1. The molecule has 10 nitrogen and oxygen atoms in total. The number of carbonyl (C=O) groups excluding carboxylic acids is 1. The number of nitro benzene ring substituents is 1. The molecule has 0 aromatic heterocycles. The molecule has 0 saturated carbocycles. The van der Waals surface area contributed by atoms with Gasteiger partial charge in [-0.1, -0.05) is 0 Å². The van der Waals surface area contributed by atoms with Gasteiger partial charge in [0, 0.05) is 61.2 Å². The number of nitro groups is 1. The first-order chi connectivity index (χ1) is 14.9. The van der Waals surface area contributed by atoms with Crippen molar-refractivity contribution in [2.45, 2.75) is 0 Å². The van der Waals surface area contributed by atoms with Gasteiger partial charge in [0.15, 0.2) is 0 Å². The van der Waals surface area contributed by atoms with Crippen LogP contribution in [0.3, 0.4) is 0 Å². The number of rotatable bonds is 7. The Balaban J connectivity index is 1.81. The van der Waals surface area contributed by atoms with Crippen molar-refractivity contribution in [2.75, 3.05) is 52.3 Å². The number of hydrogen-bond donors (Lipinski definition) is 1. The molecule has 0 radical (unpaired) electrons. The first-order valence-corrected chi connectivity index (χ1v) is 9.69. The number of benzene rings is 2. The molecule has 1 heterocycles. The van der Waals surface area contributed by atoms with E-state index in [2.05, 4.69) is 27.4 Å². The summed E-state index contributed by atoms with van der Waals surface area (Å²) in [5.74, 6) is 0.495. The highest BCUT2D eigenvalue weighted by Crippen LogP contribution is 2.25. The molecule has 0 bridgehead atoms. The van der Waals surface area contributed by atoms with Crippen molar-refractivity contribution in [1.82, 2.24) is 10.3 Å². The van der Waals surface area contributed by atoms with Crippen molar-refractivity contribution in [1.29, 1.82) is 0 Å². The summed E-state index contributed by atoms with van der Waals surface area (Å²) in [5, 5.41) is 15.3. The number of nitrogens with one attached hydrogen (secondary N) is 1. The Kier molecular flexibility index (Phi) is 7.03. The van der Waals surface area contributed by atoms with E-state index < -0.39 is 10.8 Å². The number of non-ortho nitro benzene ring substituents is 1. The molecule has 3 rings (SSSR count). The lowest BCUT2D eigenvalue weighted by Gasteiger charge is -2.34. The third kappa shape index (κ3) is 5.48. The van der Waals surface area contributed by atoms with E-state index in [0.29, 0.717) is 22.6 Å². The maximum Gasteiger partial charge on any atom is 0.271 e. The molecule has 1 N–H and O–H groups in total. The Labute approximate surface area is 180 Å². The third-order valence-corrected chi connectivity index (χ3v) is 5.05. The minimum absolute atomic E-state index is 0.0387. The number of carbonyl (C=O) groups is 1. The van der Waals surface area contributed by atoms with E-state index in [4.69, 9.17) is 9.47 Å². The van der Waals surface area contributed by atoms with Gasteiger partial charge in [-0.05, 0) is 25.2 Å². The van der Waals surface area contributed by atoms with Crippen molar-refractivity contribution in [3.8, 4) is 11.5 Å². The van der Waals surface area contributed by atoms with Crippen LogP contribution in [0.25, 0.3) is 0 Å². The van der Waals surface area contributed by atoms with Crippen LogP contribution in [0.4, 0.5) is 11.4 Å². The first-order valence-electron chi connectivity index (χ1n) is 9.69. The zero-order valence-corrected chi connectivity index (χ0v) is 17.7. The lowest BCUT2D eigenvalue weighted by Crippen LogP contribution is -2.44. The summed E-state index contributed by atoms with van der Waals surface area (Å²) in [4.78, 5) is 27.6. The van der Waals surface area contributed by atoms with Crippen LogP contribution in [0.1, 0.15) is 15.9 Å². The second-order valence-corrected chi connectivity index (χ2v) is 7.09. The van der Waals surface area contributed by atoms with E-state index >= 15 is 0 Å². The summed E-state index contributed by atoms with van der Waals surface area (Å²) in [6.45, 7) is 3.38. The molecule has 2 aromatic carbocycles. The molecule has 164 valence electrons. The second-order valence-electron chi connectivity index (χ2n) is 7.09. The molecule has 31 heavy (non-hydrogen) atoms. The Morgan fingerprint density at radius 3 is 2.32 bits per heavy atom. The topological polar surface area (TPSA) is 110 Å². The van der Waals surface area contributed by atoms with Crippen LogP contribution in [-0.2, 0) is 0 Å². The predicted molar refractivity (Wildman–Crippen MR) is 117 cm³/mol. The van der Waals surface area contributed by atoms with Gasteiger partial charge in [0.25, 0.3) is 11.6 Å². The van der Waals surface area contributed by atoms with E-state index in [1.165, 1.54) is 32.6 Å². The Morgan fingerprint density at radius 2 is 1.74 bits per heavy atom. The summed E-state index contributed by atoms with van der Waals surface area (Å²) in [5.41, 5.74) is 4.12. The quantitative estimate of drug-likeness (QED) is 0.409. The number of hydrazone groups is 1. The van der Waals surface area contributed by atoms with Gasteiger partial charge in [-0.3, -0.25) is 14.9 Å². The molecule has 1 amide bonds. The monoisotopic (exact) mass is 427 g/mol. The van der Waals surface area contributed by atoms with Gasteiger partial charge in [0.1, 0.15) is 11.5 Å². The predicted octanol–water partition coefficient (Wildman–Crippen LogP) is 2.13. The van der Waals surface area contributed by atoms with Crippen LogP contribution in [0.15, 0.2) is 41.5 Å². The van der Waals surface area contributed by atoms with Gasteiger partial charge in [-0.25, -0.2) is 5.43 Å². The molecule has 2 aromatic rings. The minimum Gasteiger partial charge on any atom is -0.497 e. The number of anilines is 1. The molecule has 0 aliphatic carbocycles. The fourth-order valence-electron chi connectivity index (χ4n) is 3.26. The van der Waals surface area contributed by atoms with Crippen LogP contribution in [0.5, 0.6) is 11.5 Å². The van der Waals surface area contributed by atoms with E-state index in [0.717, 1.165) is 31.9 Å². The summed E-state index contributed by atoms with van der Waals surface area (Å²) in [6, 6.07) is 9.45. The number of ether oxygens (including phenoxy) is 2. The van der Waals surface area contributed by atoms with Gasteiger partial charge in [-0.15, -0.1) is 0 Å². The number of methoxy groups -OCH3 is 2. The lowest BCUT2D eigenvalue weighted by atomic mass is 10.1. The van der Waals surface area contributed by atoms with E-state index in [1.807, 2.05) is 0 Å². The summed E-state index contributed by atoms with van der Waals surface area (Å²) < 4.78 is 10.4. The summed E-state index contributed by atoms with van der Waals surface area (Å²) in [7, 11) is 5.05. The lowest BCUT2D eigenvalue weighted by molar-refractivity contribution is -0.384. The van der Waals surface area contributed by atoms with Crippen molar-refractivity contribution in [2.24, 2.45) is 5.10 Å². The van der Waals surface area contributed by atoms with Crippen molar-refractivity contribution in [3.63, 3.8) is 0 Å². The molecule has 1 saturated heterocycles. The number of likely N-dealkylation sites (N-methyl/N-ethyl adjacent to an activating group) is 1. The van der Waals surface area contributed by atoms with Crippen molar-refractivity contribution in [3.05, 3.63) is 57.6 Å². The Morgan fingerprint density at radius 1 is 1.10 bits per heavy atom. The smallest absolute Gasteiger partial charge is 0.271 e. The molecular weight excluding hydrogens is 402 g/mol. The van der Waals surface area contributed by atoms with Gasteiger partial charge in [-0.2, -0.15) is 5.10 Å². The molecular formula is C21H25N5O5. The third-order valence-electron chi connectivity index (χ3n) is 5.05. The van der Waals surface area contributed by atoms with E-state index in [-0.39, 0.29) is 5.69 Å². The maximum atomic E-state index is 12.5. The van der Waals surface area contributed by atoms with Crippen LogP contribution < -0.4 is 19.8 Å². The van der Waals surface area contributed by atoms with Crippen LogP contribution in [0.2, 0.25) is 0 Å². The minimum atomic E-state index is -0.458. The van der Waals surface area contributed by atoms with Crippen molar-refractivity contribution >= 4 is 23.5 Å². The van der Waals surface area contributed by atoms with Crippen molar-refractivity contribution < 1.29 is 19.2 Å². The average Bonchev–Trinajstić information content (AvgIpc) is 2.79. The van der Waals surface area contributed by atoms with Gasteiger partial charge in [0.05, 0.1) is 25.4 Å². The highest BCUT2D eigenvalue weighted by atomic mass is 16.6. The second kappa shape index (κ2) is 9.90. The van der Waals surface area contributed by atoms with Gasteiger partial charge < -0.3 is 19.3 Å². The number of nitrogens with zero attached hydrogens (tertiary/aromatic N) is 4. The van der Waals surface area contributed by atoms with Crippen LogP contribution in [0, 0.1) is 10.1 Å². The largest absolute Gasteiger partial charge is 0.497 e. The molecule has 1 fully saturated rings. The molecule has 10 heteroatoms. The number of hydrogen-bond acceptors (Lipinski definition) is 8. The molecule has 0 atom stereocenters. The molecule has 0 unspecified atom stereocenters. The average molecular weight is 427 g/mol. The van der Waals surface area contributed by atoms with E-state index in [1.54, 1.807) is 24.3 Å². The van der Waals surface area contributed by atoms with Gasteiger partial charge >= 0.3 is 0 Å². The van der Waals surface area contributed by atoms with E-state index in [9.17, 15) is 14.9 Å². The highest BCUT2D eigenvalue weighted by Gasteiger charge is 2.19. The maximum absolute atomic E-state index is 12.5. The SMILES string of the molecule is COc1cc(OC)cc(C(=O)N/N=C/c2cc([N+](=O)[O-])ccc2N2CCN(C)CC2)c1. The zero-order valence-electron chi connectivity index (χ0n) is 17.7.